The van der Waals surface area contributed by atoms with Gasteiger partial charge in [-0.3, -0.25) is 0 Å². The van der Waals surface area contributed by atoms with E-state index < -0.39 is 0 Å². The van der Waals surface area contributed by atoms with E-state index in [4.69, 9.17) is 0 Å². The second-order valence-corrected chi connectivity index (χ2v) is 4.27. The minimum absolute atomic E-state index is 0.665. The molecule has 4 atom stereocenters. The van der Waals surface area contributed by atoms with E-state index in [2.05, 4.69) is 39.2 Å². The number of hydrogen-bond donors (Lipinski definition) is 0. The van der Waals surface area contributed by atoms with E-state index >= 15 is 0 Å². The van der Waals surface area contributed by atoms with E-state index in [-0.39, 0.29) is 0 Å². The predicted octanol–water partition coefficient (Wildman–Crippen LogP) is 3.66. The molecule has 4 unspecified atom stereocenters. The Balaban J connectivity index is 2.68. The van der Waals surface area contributed by atoms with Crippen LogP contribution in [0.15, 0.2) is 25.3 Å². The van der Waals surface area contributed by atoms with Gasteiger partial charge in [-0.1, -0.05) is 26.0 Å². The summed E-state index contributed by atoms with van der Waals surface area (Å²) in [5.41, 5.74) is 0. The van der Waals surface area contributed by atoms with Crippen LogP contribution < -0.4 is 0 Å². The molecule has 0 nitrogen and oxygen atoms in total. The van der Waals surface area contributed by atoms with Crippen molar-refractivity contribution in [2.24, 2.45) is 23.7 Å². The topological polar surface area (TPSA) is 0 Å². The lowest BCUT2D eigenvalue weighted by Gasteiger charge is -2.36. The minimum Gasteiger partial charge on any atom is -0.103 e. The van der Waals surface area contributed by atoms with Crippen LogP contribution in [0.2, 0.25) is 0 Å². The Bertz CT molecular complexity index is 169. The quantitative estimate of drug-likeness (QED) is 0.546. The molecule has 0 aromatic rings. The van der Waals surface area contributed by atoms with Crippen molar-refractivity contribution >= 4 is 0 Å². The average molecular weight is 164 g/mol. The molecule has 1 rings (SSSR count). The van der Waals surface area contributed by atoms with Crippen LogP contribution in [0, 0.1) is 23.7 Å². The summed E-state index contributed by atoms with van der Waals surface area (Å²) in [4.78, 5) is 0. The Hall–Kier alpha value is -0.520. The first-order valence-electron chi connectivity index (χ1n) is 4.94. The number of hydrogen-bond acceptors (Lipinski definition) is 0. The van der Waals surface area contributed by atoms with Gasteiger partial charge in [0.2, 0.25) is 0 Å². The molecule has 1 fully saturated rings. The third-order valence-corrected chi connectivity index (χ3v) is 3.18. The fourth-order valence-electron chi connectivity index (χ4n) is 2.59. The van der Waals surface area contributed by atoms with Gasteiger partial charge in [0.15, 0.2) is 0 Å². The third kappa shape index (κ3) is 1.80. The van der Waals surface area contributed by atoms with Crippen molar-refractivity contribution in [1.82, 2.24) is 0 Å². The summed E-state index contributed by atoms with van der Waals surface area (Å²) in [7, 11) is 0. The maximum Gasteiger partial charge on any atom is -0.0147 e. The van der Waals surface area contributed by atoms with Gasteiger partial charge in [0.05, 0.1) is 0 Å². The highest BCUT2D eigenvalue weighted by atomic mass is 14.3. The van der Waals surface area contributed by atoms with Crippen molar-refractivity contribution < 1.29 is 0 Å². The predicted molar refractivity (Wildman–Crippen MR) is 54.9 cm³/mol. The van der Waals surface area contributed by atoms with Crippen LogP contribution in [0.25, 0.3) is 0 Å². The number of rotatable bonds is 2. The van der Waals surface area contributed by atoms with Crippen LogP contribution >= 0.6 is 0 Å². The molecule has 0 aliphatic heterocycles. The Morgan fingerprint density at radius 1 is 1.08 bits per heavy atom. The summed E-state index contributed by atoms with van der Waals surface area (Å²) < 4.78 is 0. The molecule has 0 heteroatoms. The van der Waals surface area contributed by atoms with Gasteiger partial charge < -0.3 is 0 Å². The largest absolute Gasteiger partial charge is 0.103 e. The highest BCUT2D eigenvalue weighted by Crippen LogP contribution is 2.38. The third-order valence-electron chi connectivity index (χ3n) is 3.18. The fraction of sp³-hybridized carbons (Fsp3) is 0.667. The lowest BCUT2D eigenvalue weighted by molar-refractivity contribution is 0.192. The maximum absolute atomic E-state index is 3.91. The molecule has 0 amide bonds. The monoisotopic (exact) mass is 164 g/mol. The summed E-state index contributed by atoms with van der Waals surface area (Å²) >= 11 is 0. The molecule has 0 N–H and O–H groups in total. The highest BCUT2D eigenvalue weighted by molar-refractivity contribution is 4.98. The first-order valence-corrected chi connectivity index (χ1v) is 4.94. The molecule has 0 radical (unpaired) electrons. The van der Waals surface area contributed by atoms with Crippen LogP contribution in [0.1, 0.15) is 26.7 Å². The summed E-state index contributed by atoms with van der Waals surface area (Å²) in [6, 6.07) is 0. The van der Waals surface area contributed by atoms with Crippen LogP contribution in [0.4, 0.5) is 0 Å². The zero-order valence-corrected chi connectivity index (χ0v) is 8.29. The zero-order chi connectivity index (χ0) is 9.14. The van der Waals surface area contributed by atoms with Gasteiger partial charge in [0, 0.05) is 0 Å². The Kier molecular flexibility index (Phi) is 3.13. The van der Waals surface area contributed by atoms with Crippen molar-refractivity contribution in [1.29, 1.82) is 0 Å². The highest BCUT2D eigenvalue weighted by Gasteiger charge is 2.29. The first-order chi connectivity index (χ1) is 5.69. The maximum atomic E-state index is 3.91. The Labute approximate surface area is 76.4 Å². The van der Waals surface area contributed by atoms with Crippen LogP contribution in [-0.2, 0) is 0 Å². The summed E-state index contributed by atoms with van der Waals surface area (Å²) in [6.07, 6.45) is 6.87. The van der Waals surface area contributed by atoms with E-state index in [0.717, 1.165) is 11.8 Å². The SMILES string of the molecule is C=CC1CC(C)CC(C)C1C=C. The van der Waals surface area contributed by atoms with E-state index in [1.54, 1.807) is 0 Å². The van der Waals surface area contributed by atoms with Gasteiger partial charge in [-0.2, -0.15) is 0 Å². The van der Waals surface area contributed by atoms with Crippen LogP contribution in [-0.4, -0.2) is 0 Å². The lowest BCUT2D eigenvalue weighted by Crippen LogP contribution is -2.27. The van der Waals surface area contributed by atoms with Gasteiger partial charge in [-0.15, -0.1) is 13.2 Å². The van der Waals surface area contributed by atoms with Crippen molar-refractivity contribution in [3.8, 4) is 0 Å². The van der Waals surface area contributed by atoms with Crippen molar-refractivity contribution in [2.75, 3.05) is 0 Å². The average Bonchev–Trinajstić information content (AvgIpc) is 2.03. The Morgan fingerprint density at radius 2 is 1.75 bits per heavy atom. The second kappa shape index (κ2) is 3.93. The van der Waals surface area contributed by atoms with E-state index in [9.17, 15) is 0 Å². The standard InChI is InChI=1S/C12H20/c1-5-11-8-9(3)7-10(4)12(11)6-2/h5-6,9-12H,1-2,7-8H2,3-4H3. The summed E-state index contributed by atoms with van der Waals surface area (Å²) in [5, 5.41) is 0. The van der Waals surface area contributed by atoms with Crippen LogP contribution in [0.3, 0.4) is 0 Å². The van der Waals surface area contributed by atoms with Gasteiger partial charge in [0.1, 0.15) is 0 Å². The molecular formula is C12H20. The fourth-order valence-corrected chi connectivity index (χ4v) is 2.59. The summed E-state index contributed by atoms with van der Waals surface area (Å²) in [6.45, 7) is 12.5. The zero-order valence-electron chi connectivity index (χ0n) is 8.29. The molecule has 0 saturated heterocycles. The van der Waals surface area contributed by atoms with E-state index in [1.165, 1.54) is 12.8 Å². The molecular weight excluding hydrogens is 144 g/mol. The van der Waals surface area contributed by atoms with Crippen molar-refractivity contribution in [2.45, 2.75) is 26.7 Å². The van der Waals surface area contributed by atoms with Gasteiger partial charge in [-0.25, -0.2) is 0 Å². The molecule has 1 aliphatic carbocycles. The van der Waals surface area contributed by atoms with Gasteiger partial charge >= 0.3 is 0 Å². The second-order valence-electron chi connectivity index (χ2n) is 4.27. The first kappa shape index (κ1) is 9.57. The molecule has 1 saturated carbocycles. The molecule has 0 aromatic carbocycles. The normalized spacial score (nSPS) is 42.2. The van der Waals surface area contributed by atoms with Gasteiger partial charge in [-0.05, 0) is 36.5 Å². The smallest absolute Gasteiger partial charge is 0.0147 e. The minimum atomic E-state index is 0.665. The van der Waals surface area contributed by atoms with Crippen molar-refractivity contribution in [3.05, 3.63) is 25.3 Å². The summed E-state index contributed by atoms with van der Waals surface area (Å²) in [5.74, 6) is 2.98. The van der Waals surface area contributed by atoms with Crippen LogP contribution in [0.5, 0.6) is 0 Å². The van der Waals surface area contributed by atoms with Gasteiger partial charge in [0.25, 0.3) is 0 Å². The molecule has 0 bridgehead atoms. The molecule has 0 heterocycles. The van der Waals surface area contributed by atoms with Crippen molar-refractivity contribution in [3.63, 3.8) is 0 Å². The molecule has 1 aliphatic rings. The molecule has 12 heavy (non-hydrogen) atoms. The Morgan fingerprint density at radius 3 is 2.25 bits per heavy atom. The number of allylic oxidation sites excluding steroid dienone is 2. The van der Waals surface area contributed by atoms with E-state index in [0.29, 0.717) is 11.8 Å². The molecule has 0 aromatic heterocycles. The molecule has 0 spiro atoms. The molecule has 68 valence electrons. The van der Waals surface area contributed by atoms with E-state index in [1.807, 2.05) is 0 Å². The lowest BCUT2D eigenvalue weighted by atomic mass is 9.69.